The summed E-state index contributed by atoms with van der Waals surface area (Å²) in [7, 11) is -3.73. The average Bonchev–Trinajstić information content (AvgIpc) is 2.73. The second-order valence-electron chi connectivity index (χ2n) is 7.42. The smallest absolute Gasteiger partial charge is 0.255 e. The lowest BCUT2D eigenvalue weighted by atomic mass is 10.2. The number of amides is 1. The van der Waals surface area contributed by atoms with Crippen LogP contribution in [0.5, 0.6) is 11.5 Å². The fourth-order valence-corrected chi connectivity index (χ4v) is 5.24. The van der Waals surface area contributed by atoms with E-state index >= 15 is 0 Å². The van der Waals surface area contributed by atoms with E-state index in [1.807, 2.05) is 13.8 Å². The molecule has 9 heteroatoms. The number of rotatable bonds is 4. The van der Waals surface area contributed by atoms with Gasteiger partial charge in [0.1, 0.15) is 13.2 Å². The van der Waals surface area contributed by atoms with E-state index in [2.05, 4.69) is 5.32 Å². The molecule has 0 aliphatic carbocycles. The van der Waals surface area contributed by atoms with E-state index in [4.69, 9.17) is 14.2 Å². The molecule has 0 spiro atoms. The van der Waals surface area contributed by atoms with Crippen molar-refractivity contribution in [2.45, 2.75) is 31.0 Å². The fraction of sp³-hybridized carbons (Fsp3) is 0.381. The van der Waals surface area contributed by atoms with E-state index in [0.29, 0.717) is 30.4 Å². The van der Waals surface area contributed by atoms with Gasteiger partial charge in [-0.15, -0.1) is 0 Å². The van der Waals surface area contributed by atoms with E-state index in [1.54, 1.807) is 30.3 Å². The van der Waals surface area contributed by atoms with Gasteiger partial charge >= 0.3 is 0 Å². The molecule has 0 radical (unpaired) electrons. The van der Waals surface area contributed by atoms with Crippen molar-refractivity contribution >= 4 is 21.6 Å². The number of hydrogen-bond acceptors (Lipinski definition) is 6. The zero-order chi connectivity index (χ0) is 21.3. The molecule has 8 nitrogen and oxygen atoms in total. The van der Waals surface area contributed by atoms with Gasteiger partial charge in [-0.2, -0.15) is 4.31 Å². The molecule has 2 aromatic rings. The second-order valence-corrected chi connectivity index (χ2v) is 9.36. The van der Waals surface area contributed by atoms with Crippen LogP contribution in [0, 0.1) is 0 Å². The van der Waals surface area contributed by atoms with Gasteiger partial charge in [-0.05, 0) is 44.2 Å². The highest BCUT2D eigenvalue weighted by Crippen LogP contribution is 2.32. The molecule has 2 atom stereocenters. The first kappa shape index (κ1) is 20.6. The number of ether oxygens (including phenoxy) is 3. The highest BCUT2D eigenvalue weighted by Gasteiger charge is 2.32. The van der Waals surface area contributed by atoms with Crippen molar-refractivity contribution in [2.75, 3.05) is 31.6 Å². The molecule has 160 valence electrons. The maximum Gasteiger partial charge on any atom is 0.255 e. The summed E-state index contributed by atoms with van der Waals surface area (Å²) in [6.07, 6.45) is -0.379. The molecular formula is C21H24N2O6S. The Morgan fingerprint density at radius 2 is 1.70 bits per heavy atom. The van der Waals surface area contributed by atoms with Gasteiger partial charge in [-0.3, -0.25) is 4.79 Å². The number of sulfonamides is 1. The molecule has 0 bridgehead atoms. The number of nitrogens with one attached hydrogen (secondary N) is 1. The molecule has 0 saturated carbocycles. The Labute approximate surface area is 175 Å². The minimum absolute atomic E-state index is 0.0821. The summed E-state index contributed by atoms with van der Waals surface area (Å²) in [6.45, 7) is 5.18. The summed E-state index contributed by atoms with van der Waals surface area (Å²) in [5, 5.41) is 2.78. The van der Waals surface area contributed by atoms with Crippen molar-refractivity contribution < 1.29 is 27.4 Å². The molecule has 1 saturated heterocycles. The zero-order valence-corrected chi connectivity index (χ0v) is 17.6. The molecule has 2 aliphatic rings. The summed E-state index contributed by atoms with van der Waals surface area (Å²) < 4.78 is 44.2. The number of anilines is 1. The molecule has 1 amide bonds. The maximum absolute atomic E-state index is 13.1. The summed E-state index contributed by atoms with van der Waals surface area (Å²) in [5.74, 6) is 0.777. The lowest BCUT2D eigenvalue weighted by Gasteiger charge is -2.34. The molecule has 2 aromatic carbocycles. The normalized spacial score (nSPS) is 21.8. The van der Waals surface area contributed by atoms with Gasteiger partial charge < -0.3 is 19.5 Å². The third-order valence-corrected chi connectivity index (χ3v) is 6.75. The van der Waals surface area contributed by atoms with Crippen molar-refractivity contribution in [3.63, 3.8) is 0 Å². The Morgan fingerprint density at radius 3 is 2.43 bits per heavy atom. The highest BCUT2D eigenvalue weighted by atomic mass is 32.2. The maximum atomic E-state index is 13.1. The standard InChI is InChI=1S/C21H24N2O6S/c1-14-12-23(13-15(2)29-14)30(25,26)18-5-3-4-16(10-18)21(24)22-17-6-7-19-20(11-17)28-9-8-27-19/h3-7,10-11,14-15H,8-9,12-13H2,1-2H3,(H,22,24). The molecule has 2 aliphatic heterocycles. The molecule has 1 fully saturated rings. The van der Waals surface area contributed by atoms with Gasteiger partial charge in [0.2, 0.25) is 10.0 Å². The summed E-state index contributed by atoms with van der Waals surface area (Å²) in [5.41, 5.74) is 0.786. The average molecular weight is 432 g/mol. The van der Waals surface area contributed by atoms with Crippen LogP contribution in [0.3, 0.4) is 0 Å². The van der Waals surface area contributed by atoms with Crippen LogP contribution in [0.2, 0.25) is 0 Å². The van der Waals surface area contributed by atoms with E-state index in [0.717, 1.165) is 0 Å². The van der Waals surface area contributed by atoms with Gasteiger partial charge in [-0.25, -0.2) is 8.42 Å². The summed E-state index contributed by atoms with van der Waals surface area (Å²) in [6, 6.07) is 11.2. The van der Waals surface area contributed by atoms with E-state index in [1.165, 1.54) is 16.4 Å². The number of benzene rings is 2. The van der Waals surface area contributed by atoms with Crippen LogP contribution in [0.15, 0.2) is 47.4 Å². The first-order valence-corrected chi connectivity index (χ1v) is 11.2. The molecule has 1 N–H and O–H groups in total. The topological polar surface area (TPSA) is 94.2 Å². The lowest BCUT2D eigenvalue weighted by molar-refractivity contribution is -0.0440. The minimum atomic E-state index is -3.73. The van der Waals surface area contributed by atoms with E-state index in [-0.39, 0.29) is 35.8 Å². The Bertz CT molecular complexity index is 1050. The zero-order valence-electron chi connectivity index (χ0n) is 16.8. The minimum Gasteiger partial charge on any atom is -0.486 e. The van der Waals surface area contributed by atoms with Gasteiger partial charge in [0.25, 0.3) is 5.91 Å². The molecule has 30 heavy (non-hydrogen) atoms. The van der Waals surface area contributed by atoms with Crippen LogP contribution in [0.25, 0.3) is 0 Å². The van der Waals surface area contributed by atoms with Crippen molar-refractivity contribution in [1.82, 2.24) is 4.31 Å². The number of hydrogen-bond donors (Lipinski definition) is 1. The number of nitrogens with zero attached hydrogens (tertiary/aromatic N) is 1. The SMILES string of the molecule is CC1CN(S(=O)(=O)c2cccc(C(=O)Nc3ccc4c(c3)OCCO4)c2)CC(C)O1. The van der Waals surface area contributed by atoms with Crippen molar-refractivity contribution in [3.05, 3.63) is 48.0 Å². The van der Waals surface area contributed by atoms with Crippen LogP contribution in [-0.4, -0.2) is 57.1 Å². The predicted octanol–water partition coefficient (Wildman–Crippen LogP) is 2.51. The number of morpholine rings is 1. The van der Waals surface area contributed by atoms with Crippen molar-refractivity contribution in [1.29, 1.82) is 0 Å². The molecule has 2 unspecified atom stereocenters. The molecule has 4 rings (SSSR count). The quantitative estimate of drug-likeness (QED) is 0.798. The van der Waals surface area contributed by atoms with Crippen LogP contribution in [0.4, 0.5) is 5.69 Å². The highest BCUT2D eigenvalue weighted by molar-refractivity contribution is 7.89. The Kier molecular flexibility index (Phi) is 5.68. The molecule has 0 aromatic heterocycles. The molecular weight excluding hydrogens is 408 g/mol. The van der Waals surface area contributed by atoms with Gasteiger partial charge in [-0.1, -0.05) is 6.07 Å². The van der Waals surface area contributed by atoms with Gasteiger partial charge in [0.05, 0.1) is 17.1 Å². The van der Waals surface area contributed by atoms with E-state index in [9.17, 15) is 13.2 Å². The third-order valence-electron chi connectivity index (χ3n) is 4.92. The van der Waals surface area contributed by atoms with Gasteiger partial charge in [0, 0.05) is 30.4 Å². The van der Waals surface area contributed by atoms with Crippen LogP contribution >= 0.6 is 0 Å². The monoisotopic (exact) mass is 432 g/mol. The number of fused-ring (bicyclic) bond motifs is 1. The first-order chi connectivity index (χ1) is 14.3. The number of carbonyl (C=O) groups excluding carboxylic acids is 1. The Hall–Kier alpha value is -2.62. The molecule has 2 heterocycles. The van der Waals surface area contributed by atoms with Crippen LogP contribution in [0.1, 0.15) is 24.2 Å². The van der Waals surface area contributed by atoms with E-state index < -0.39 is 15.9 Å². The van der Waals surface area contributed by atoms with Crippen molar-refractivity contribution in [3.8, 4) is 11.5 Å². The van der Waals surface area contributed by atoms with Crippen LogP contribution < -0.4 is 14.8 Å². The van der Waals surface area contributed by atoms with Crippen molar-refractivity contribution in [2.24, 2.45) is 0 Å². The second kappa shape index (κ2) is 8.25. The predicted molar refractivity (Wildman–Crippen MR) is 111 cm³/mol. The number of carbonyl (C=O) groups is 1. The largest absolute Gasteiger partial charge is 0.486 e. The third kappa shape index (κ3) is 4.28. The summed E-state index contributed by atoms with van der Waals surface area (Å²) >= 11 is 0. The van der Waals surface area contributed by atoms with Crippen LogP contribution in [-0.2, 0) is 14.8 Å². The van der Waals surface area contributed by atoms with Gasteiger partial charge in [0.15, 0.2) is 11.5 Å². The Morgan fingerprint density at radius 1 is 1.00 bits per heavy atom. The first-order valence-electron chi connectivity index (χ1n) is 9.79. The fourth-order valence-electron chi connectivity index (χ4n) is 3.60. The summed E-state index contributed by atoms with van der Waals surface area (Å²) in [4.78, 5) is 12.8. The lowest BCUT2D eigenvalue weighted by Crippen LogP contribution is -2.48. The Balaban J connectivity index is 1.53.